The van der Waals surface area contributed by atoms with Gasteiger partial charge in [-0.3, -0.25) is 4.79 Å². The van der Waals surface area contributed by atoms with Crippen LogP contribution >= 0.6 is 0 Å². The highest BCUT2D eigenvalue weighted by molar-refractivity contribution is 7.90. The van der Waals surface area contributed by atoms with E-state index in [0.29, 0.717) is 5.56 Å². The molecule has 0 spiro atoms. The molecule has 0 unspecified atom stereocenters. The number of nitrogens with one attached hydrogen (secondary N) is 1. The normalized spacial score (nSPS) is 17.3. The summed E-state index contributed by atoms with van der Waals surface area (Å²) in [6.45, 7) is 1.73. The first-order valence-corrected chi connectivity index (χ1v) is 8.39. The van der Waals surface area contributed by atoms with Gasteiger partial charge in [-0.15, -0.1) is 0 Å². The Morgan fingerprint density at radius 3 is 2.53 bits per heavy atom. The summed E-state index contributed by atoms with van der Waals surface area (Å²) in [5.74, 6) is 0.214. The summed E-state index contributed by atoms with van der Waals surface area (Å²) in [6, 6.07) is 6.77. The molecule has 1 aliphatic heterocycles. The van der Waals surface area contributed by atoms with Crippen molar-refractivity contribution < 1.29 is 13.2 Å². The lowest BCUT2D eigenvalue weighted by Gasteiger charge is -2.21. The minimum atomic E-state index is -3.27. The van der Waals surface area contributed by atoms with E-state index >= 15 is 0 Å². The number of piperidine rings is 1. The molecule has 5 heteroatoms. The van der Waals surface area contributed by atoms with Gasteiger partial charge in [-0.25, -0.2) is 8.42 Å². The van der Waals surface area contributed by atoms with E-state index in [9.17, 15) is 13.2 Å². The van der Waals surface area contributed by atoms with Crippen molar-refractivity contribution in [2.75, 3.05) is 19.3 Å². The largest absolute Gasteiger partial charge is 0.317 e. The number of hydrogen-bond acceptors (Lipinski definition) is 4. The maximum absolute atomic E-state index is 12.2. The second-order valence-corrected chi connectivity index (χ2v) is 7.03. The van der Waals surface area contributed by atoms with Gasteiger partial charge >= 0.3 is 0 Å². The molecule has 104 valence electrons. The third-order valence-electron chi connectivity index (χ3n) is 3.53. The SMILES string of the molecule is CS(=O)(=O)c1ccccc1CC(=O)C1CCNCC1. The zero-order valence-corrected chi connectivity index (χ0v) is 11.9. The zero-order chi connectivity index (χ0) is 13.9. The summed E-state index contributed by atoms with van der Waals surface area (Å²) in [4.78, 5) is 12.5. The maximum atomic E-state index is 12.2. The average molecular weight is 281 g/mol. The predicted octanol–water partition coefficient (Wildman–Crippen LogP) is 1.20. The molecule has 0 saturated carbocycles. The van der Waals surface area contributed by atoms with E-state index in [1.54, 1.807) is 24.3 Å². The van der Waals surface area contributed by atoms with Crippen molar-refractivity contribution in [2.24, 2.45) is 5.92 Å². The molecule has 0 atom stereocenters. The number of carbonyl (C=O) groups excluding carboxylic acids is 1. The smallest absolute Gasteiger partial charge is 0.175 e. The summed E-state index contributed by atoms with van der Waals surface area (Å²) in [5.41, 5.74) is 0.619. The van der Waals surface area contributed by atoms with E-state index in [2.05, 4.69) is 5.32 Å². The molecular formula is C14H19NO3S. The van der Waals surface area contributed by atoms with Gasteiger partial charge in [0.2, 0.25) is 0 Å². The minimum absolute atomic E-state index is 0.0638. The van der Waals surface area contributed by atoms with Crippen LogP contribution in [0.5, 0.6) is 0 Å². The van der Waals surface area contributed by atoms with Gasteiger partial charge in [0.25, 0.3) is 0 Å². The monoisotopic (exact) mass is 281 g/mol. The minimum Gasteiger partial charge on any atom is -0.317 e. The predicted molar refractivity (Wildman–Crippen MR) is 73.9 cm³/mol. The van der Waals surface area contributed by atoms with Crippen LogP contribution in [0.15, 0.2) is 29.2 Å². The Kier molecular flexibility index (Phi) is 4.37. The van der Waals surface area contributed by atoms with Crippen molar-refractivity contribution in [1.29, 1.82) is 0 Å². The van der Waals surface area contributed by atoms with Crippen molar-refractivity contribution in [1.82, 2.24) is 5.32 Å². The Morgan fingerprint density at radius 2 is 1.89 bits per heavy atom. The maximum Gasteiger partial charge on any atom is 0.175 e. The van der Waals surface area contributed by atoms with E-state index in [1.807, 2.05) is 0 Å². The summed E-state index contributed by atoms with van der Waals surface area (Å²) >= 11 is 0. The summed E-state index contributed by atoms with van der Waals surface area (Å²) < 4.78 is 23.4. The van der Waals surface area contributed by atoms with E-state index in [0.717, 1.165) is 25.9 Å². The number of hydrogen-bond donors (Lipinski definition) is 1. The van der Waals surface area contributed by atoms with E-state index in [4.69, 9.17) is 0 Å². The molecule has 1 aromatic carbocycles. The van der Waals surface area contributed by atoms with Gasteiger partial charge < -0.3 is 5.32 Å². The molecule has 0 bridgehead atoms. The third-order valence-corrected chi connectivity index (χ3v) is 4.73. The van der Waals surface area contributed by atoms with Crippen LogP contribution in [-0.4, -0.2) is 33.5 Å². The van der Waals surface area contributed by atoms with Crippen molar-refractivity contribution in [3.63, 3.8) is 0 Å². The van der Waals surface area contributed by atoms with Gasteiger partial charge in [0.05, 0.1) is 4.90 Å². The van der Waals surface area contributed by atoms with Crippen molar-refractivity contribution >= 4 is 15.6 Å². The van der Waals surface area contributed by atoms with E-state index in [1.165, 1.54) is 6.26 Å². The molecule has 1 aliphatic rings. The number of carbonyl (C=O) groups is 1. The van der Waals surface area contributed by atoms with E-state index < -0.39 is 9.84 Å². The average Bonchev–Trinajstić information content (AvgIpc) is 2.39. The van der Waals surface area contributed by atoms with Crippen LogP contribution in [0, 0.1) is 5.92 Å². The second-order valence-electron chi connectivity index (χ2n) is 5.05. The first-order valence-electron chi connectivity index (χ1n) is 6.50. The molecule has 0 aliphatic carbocycles. The molecule has 0 amide bonds. The fourth-order valence-electron chi connectivity index (χ4n) is 2.49. The van der Waals surface area contributed by atoms with Gasteiger partial charge in [-0.2, -0.15) is 0 Å². The molecule has 1 fully saturated rings. The molecule has 1 saturated heterocycles. The zero-order valence-electron chi connectivity index (χ0n) is 11.1. The number of sulfone groups is 1. The summed E-state index contributed by atoms with van der Waals surface area (Å²) in [6.07, 6.45) is 3.09. The Balaban J connectivity index is 2.17. The van der Waals surface area contributed by atoms with Crippen LogP contribution in [0.25, 0.3) is 0 Å². The van der Waals surface area contributed by atoms with Gasteiger partial charge in [-0.05, 0) is 37.6 Å². The highest BCUT2D eigenvalue weighted by Gasteiger charge is 2.23. The molecule has 2 rings (SSSR count). The summed E-state index contributed by atoms with van der Waals surface area (Å²) in [5, 5.41) is 3.22. The molecule has 1 N–H and O–H groups in total. The van der Waals surface area contributed by atoms with Crippen LogP contribution in [0.3, 0.4) is 0 Å². The standard InChI is InChI=1S/C14H19NO3S/c1-19(17,18)14-5-3-2-4-12(14)10-13(16)11-6-8-15-9-7-11/h2-5,11,15H,6-10H2,1H3. The van der Waals surface area contributed by atoms with Gasteiger partial charge in [0.15, 0.2) is 9.84 Å². The fourth-order valence-corrected chi connectivity index (χ4v) is 3.43. The lowest BCUT2D eigenvalue weighted by Crippen LogP contribution is -2.32. The van der Waals surface area contributed by atoms with Gasteiger partial charge in [0, 0.05) is 18.6 Å². The highest BCUT2D eigenvalue weighted by Crippen LogP contribution is 2.20. The Labute approximate surface area is 114 Å². The Hall–Kier alpha value is -1.20. The molecule has 19 heavy (non-hydrogen) atoms. The molecule has 1 aromatic rings. The Morgan fingerprint density at radius 1 is 1.26 bits per heavy atom. The molecule has 4 nitrogen and oxygen atoms in total. The fraction of sp³-hybridized carbons (Fsp3) is 0.500. The van der Waals surface area contributed by atoms with E-state index in [-0.39, 0.29) is 23.0 Å². The topological polar surface area (TPSA) is 63.2 Å². The number of ketones is 1. The quantitative estimate of drug-likeness (QED) is 0.901. The second kappa shape index (κ2) is 5.84. The Bertz CT molecular complexity index is 560. The van der Waals surface area contributed by atoms with Crippen LogP contribution in [0.2, 0.25) is 0 Å². The van der Waals surface area contributed by atoms with Crippen LogP contribution < -0.4 is 5.32 Å². The number of benzene rings is 1. The van der Waals surface area contributed by atoms with Crippen LogP contribution in [-0.2, 0) is 21.1 Å². The molecule has 0 aromatic heterocycles. The van der Waals surface area contributed by atoms with Gasteiger partial charge in [-0.1, -0.05) is 18.2 Å². The lowest BCUT2D eigenvalue weighted by atomic mass is 9.90. The van der Waals surface area contributed by atoms with Crippen LogP contribution in [0.4, 0.5) is 0 Å². The number of rotatable bonds is 4. The van der Waals surface area contributed by atoms with Crippen molar-refractivity contribution in [3.05, 3.63) is 29.8 Å². The lowest BCUT2D eigenvalue weighted by molar-refractivity contribution is -0.122. The third kappa shape index (κ3) is 3.64. The van der Waals surface area contributed by atoms with Crippen LogP contribution in [0.1, 0.15) is 18.4 Å². The number of Topliss-reactive ketones (excluding diaryl/α,β-unsaturated/α-hetero) is 1. The van der Waals surface area contributed by atoms with Crippen molar-refractivity contribution in [2.45, 2.75) is 24.2 Å². The van der Waals surface area contributed by atoms with Crippen molar-refractivity contribution in [3.8, 4) is 0 Å². The molecule has 0 radical (unpaired) electrons. The summed E-state index contributed by atoms with van der Waals surface area (Å²) in [7, 11) is -3.27. The first-order chi connectivity index (χ1) is 8.98. The molecular weight excluding hydrogens is 262 g/mol. The van der Waals surface area contributed by atoms with Gasteiger partial charge in [0.1, 0.15) is 5.78 Å². The molecule has 1 heterocycles. The highest BCUT2D eigenvalue weighted by atomic mass is 32.2. The first kappa shape index (κ1) is 14.2.